The van der Waals surface area contributed by atoms with Gasteiger partial charge < -0.3 is 4.90 Å². The lowest BCUT2D eigenvalue weighted by Crippen LogP contribution is -2.36. The molecule has 5 heteroatoms. The third-order valence-electron chi connectivity index (χ3n) is 5.48. The van der Waals surface area contributed by atoms with Crippen LogP contribution >= 0.6 is 11.3 Å². The number of likely N-dealkylation sites (tertiary alicyclic amines) is 1. The SMILES string of the molecule is O=C(/C=C/c1ccc2ccccc2n1)N1CCC(c2nc3ccccc3s2)CC1. The van der Waals surface area contributed by atoms with Gasteiger partial charge in [0.05, 0.1) is 26.4 Å². The van der Waals surface area contributed by atoms with Gasteiger partial charge in [0.2, 0.25) is 5.91 Å². The van der Waals surface area contributed by atoms with Crippen molar-refractivity contribution in [3.8, 4) is 0 Å². The highest BCUT2D eigenvalue weighted by molar-refractivity contribution is 7.18. The highest BCUT2D eigenvalue weighted by atomic mass is 32.1. The number of rotatable bonds is 3. The van der Waals surface area contributed by atoms with Gasteiger partial charge >= 0.3 is 0 Å². The lowest BCUT2D eigenvalue weighted by atomic mass is 9.97. The summed E-state index contributed by atoms with van der Waals surface area (Å²) in [6, 6.07) is 20.3. The van der Waals surface area contributed by atoms with E-state index >= 15 is 0 Å². The minimum atomic E-state index is 0.0581. The summed E-state index contributed by atoms with van der Waals surface area (Å²) in [6.45, 7) is 1.55. The molecule has 0 N–H and O–H groups in total. The third kappa shape index (κ3) is 3.78. The topological polar surface area (TPSA) is 46.1 Å². The van der Waals surface area contributed by atoms with Crippen LogP contribution in [0.3, 0.4) is 0 Å². The van der Waals surface area contributed by atoms with Crippen molar-refractivity contribution in [2.24, 2.45) is 0 Å². The second-order valence-corrected chi connectivity index (χ2v) is 8.44. The van der Waals surface area contributed by atoms with Gasteiger partial charge in [-0.1, -0.05) is 36.4 Å². The molecule has 4 nitrogen and oxygen atoms in total. The summed E-state index contributed by atoms with van der Waals surface area (Å²) in [5.41, 5.74) is 2.83. The Morgan fingerprint density at radius 3 is 2.52 bits per heavy atom. The van der Waals surface area contributed by atoms with E-state index in [1.165, 1.54) is 9.71 Å². The molecule has 4 aromatic rings. The first kappa shape index (κ1) is 18.0. The summed E-state index contributed by atoms with van der Waals surface area (Å²) in [4.78, 5) is 23.9. The van der Waals surface area contributed by atoms with Crippen molar-refractivity contribution in [3.63, 3.8) is 0 Å². The molecule has 0 spiro atoms. The van der Waals surface area contributed by atoms with Crippen molar-refractivity contribution in [1.82, 2.24) is 14.9 Å². The van der Waals surface area contributed by atoms with Crippen LogP contribution in [0.15, 0.2) is 66.7 Å². The summed E-state index contributed by atoms with van der Waals surface area (Å²) >= 11 is 1.79. The second-order valence-electron chi connectivity index (χ2n) is 7.38. The molecule has 0 unspecified atom stereocenters. The average molecular weight is 400 g/mol. The van der Waals surface area contributed by atoms with Gasteiger partial charge in [-0.15, -0.1) is 11.3 Å². The summed E-state index contributed by atoms with van der Waals surface area (Å²) in [5.74, 6) is 0.505. The molecule has 1 amide bonds. The number of fused-ring (bicyclic) bond motifs is 2. The Labute approximate surface area is 173 Å². The van der Waals surface area contributed by atoms with E-state index in [9.17, 15) is 4.79 Å². The molecule has 2 aromatic heterocycles. The molecule has 5 rings (SSSR count). The first-order valence-corrected chi connectivity index (χ1v) is 10.8. The molecule has 1 aliphatic heterocycles. The number of thiazole rings is 1. The summed E-state index contributed by atoms with van der Waals surface area (Å²) in [5, 5.41) is 2.31. The standard InChI is InChI=1S/C24H21N3OS/c28-23(12-11-19-10-9-17-5-1-2-6-20(17)25-19)27-15-13-18(14-16-27)24-26-21-7-3-4-8-22(21)29-24/h1-12,18H,13-16H2/b12-11+. The number of hydrogen-bond donors (Lipinski definition) is 0. The number of piperidine rings is 1. The van der Waals surface area contributed by atoms with Crippen LogP contribution in [0.1, 0.15) is 29.5 Å². The number of aromatic nitrogens is 2. The first-order valence-electron chi connectivity index (χ1n) is 9.94. The summed E-state index contributed by atoms with van der Waals surface area (Å²) in [7, 11) is 0. The number of nitrogens with zero attached hydrogens (tertiary/aromatic N) is 3. The monoisotopic (exact) mass is 399 g/mol. The molecule has 0 saturated carbocycles. The van der Waals surface area contributed by atoms with E-state index in [1.54, 1.807) is 17.4 Å². The van der Waals surface area contributed by atoms with Crippen LogP contribution in [-0.2, 0) is 4.79 Å². The normalized spacial score (nSPS) is 15.5. The molecule has 1 fully saturated rings. The Hall–Kier alpha value is -3.05. The maximum absolute atomic E-state index is 12.6. The van der Waals surface area contributed by atoms with Gasteiger partial charge in [0, 0.05) is 30.5 Å². The highest BCUT2D eigenvalue weighted by Crippen LogP contribution is 2.33. The molecular formula is C24H21N3OS. The lowest BCUT2D eigenvalue weighted by molar-refractivity contribution is -0.126. The fourth-order valence-electron chi connectivity index (χ4n) is 3.85. The van der Waals surface area contributed by atoms with Crippen molar-refractivity contribution >= 4 is 44.4 Å². The smallest absolute Gasteiger partial charge is 0.246 e. The van der Waals surface area contributed by atoms with Crippen molar-refractivity contribution in [3.05, 3.63) is 77.4 Å². The van der Waals surface area contributed by atoms with Crippen molar-refractivity contribution < 1.29 is 4.79 Å². The van der Waals surface area contributed by atoms with Crippen LogP contribution in [-0.4, -0.2) is 33.9 Å². The number of hydrogen-bond acceptors (Lipinski definition) is 4. The first-order chi connectivity index (χ1) is 14.3. The number of carbonyl (C=O) groups excluding carboxylic acids is 1. The zero-order chi connectivity index (χ0) is 19.6. The molecule has 144 valence electrons. The number of pyridine rings is 1. The third-order valence-corrected chi connectivity index (χ3v) is 6.68. The Kier molecular flexibility index (Phi) is 4.82. The van der Waals surface area contributed by atoms with E-state index in [4.69, 9.17) is 4.98 Å². The Morgan fingerprint density at radius 1 is 0.931 bits per heavy atom. The quantitative estimate of drug-likeness (QED) is 0.441. The Bertz CT molecular complexity index is 1170. The number of benzene rings is 2. The predicted octanol–water partition coefficient (Wildman–Crippen LogP) is 5.26. The molecule has 0 radical (unpaired) electrons. The molecule has 0 aliphatic carbocycles. The van der Waals surface area contributed by atoms with E-state index in [-0.39, 0.29) is 5.91 Å². The zero-order valence-corrected chi connectivity index (χ0v) is 16.8. The average Bonchev–Trinajstić information content (AvgIpc) is 3.22. The van der Waals surface area contributed by atoms with Crippen LogP contribution in [0.2, 0.25) is 0 Å². The highest BCUT2D eigenvalue weighted by Gasteiger charge is 2.25. The largest absolute Gasteiger partial charge is 0.339 e. The molecule has 29 heavy (non-hydrogen) atoms. The zero-order valence-electron chi connectivity index (χ0n) is 16.0. The molecule has 0 bridgehead atoms. The van der Waals surface area contributed by atoms with Gasteiger partial charge in [0.15, 0.2) is 0 Å². The number of carbonyl (C=O) groups is 1. The molecule has 2 aromatic carbocycles. The van der Waals surface area contributed by atoms with Gasteiger partial charge in [-0.2, -0.15) is 0 Å². The second kappa shape index (κ2) is 7.76. The fourth-order valence-corrected chi connectivity index (χ4v) is 4.98. The van der Waals surface area contributed by atoms with Crippen LogP contribution in [0.4, 0.5) is 0 Å². The van der Waals surface area contributed by atoms with Crippen molar-refractivity contribution in [2.75, 3.05) is 13.1 Å². The fraction of sp³-hybridized carbons (Fsp3) is 0.208. The summed E-state index contributed by atoms with van der Waals surface area (Å²) < 4.78 is 1.24. The van der Waals surface area contributed by atoms with E-state index in [0.29, 0.717) is 5.92 Å². The van der Waals surface area contributed by atoms with Gasteiger partial charge in [0.25, 0.3) is 0 Å². The van der Waals surface area contributed by atoms with Crippen LogP contribution in [0.25, 0.3) is 27.2 Å². The van der Waals surface area contributed by atoms with Gasteiger partial charge in [-0.3, -0.25) is 4.79 Å². The number of amides is 1. The molecular weight excluding hydrogens is 378 g/mol. The van der Waals surface area contributed by atoms with Gasteiger partial charge in [-0.25, -0.2) is 9.97 Å². The van der Waals surface area contributed by atoms with E-state index in [2.05, 4.69) is 23.2 Å². The van der Waals surface area contributed by atoms with E-state index in [1.807, 2.05) is 53.4 Å². The molecule has 3 heterocycles. The van der Waals surface area contributed by atoms with Gasteiger partial charge in [0.1, 0.15) is 0 Å². The Morgan fingerprint density at radius 2 is 1.69 bits per heavy atom. The summed E-state index contributed by atoms with van der Waals surface area (Å²) in [6.07, 6.45) is 5.39. The Balaban J connectivity index is 1.23. The van der Waals surface area contributed by atoms with Crippen LogP contribution in [0, 0.1) is 0 Å². The van der Waals surface area contributed by atoms with Crippen LogP contribution < -0.4 is 0 Å². The van der Waals surface area contributed by atoms with E-state index < -0.39 is 0 Å². The van der Waals surface area contributed by atoms with Gasteiger partial charge in [-0.05, 0) is 43.2 Å². The molecule has 1 aliphatic rings. The van der Waals surface area contributed by atoms with Crippen molar-refractivity contribution in [2.45, 2.75) is 18.8 Å². The maximum atomic E-state index is 12.6. The number of para-hydroxylation sites is 2. The minimum Gasteiger partial charge on any atom is -0.339 e. The lowest BCUT2D eigenvalue weighted by Gasteiger charge is -2.30. The van der Waals surface area contributed by atoms with Crippen molar-refractivity contribution in [1.29, 1.82) is 0 Å². The predicted molar refractivity (Wildman–Crippen MR) is 119 cm³/mol. The minimum absolute atomic E-state index is 0.0581. The van der Waals surface area contributed by atoms with Crippen LogP contribution in [0.5, 0.6) is 0 Å². The van der Waals surface area contributed by atoms with E-state index in [0.717, 1.165) is 48.0 Å². The molecule has 0 atom stereocenters. The maximum Gasteiger partial charge on any atom is 0.246 e. The molecule has 1 saturated heterocycles.